The van der Waals surface area contributed by atoms with Crippen molar-refractivity contribution in [1.82, 2.24) is 4.57 Å². The van der Waals surface area contributed by atoms with Gasteiger partial charge in [-0.05, 0) is 37.3 Å². The van der Waals surface area contributed by atoms with E-state index in [9.17, 15) is 28.1 Å². The third-order valence-electron chi connectivity index (χ3n) is 4.51. The van der Waals surface area contributed by atoms with E-state index in [0.717, 1.165) is 11.3 Å². The fourth-order valence-electron chi connectivity index (χ4n) is 2.87. The van der Waals surface area contributed by atoms with E-state index in [2.05, 4.69) is 4.99 Å². The zero-order valence-corrected chi connectivity index (χ0v) is 18.8. The summed E-state index contributed by atoms with van der Waals surface area (Å²) in [5.41, 5.74) is 0.359. The van der Waals surface area contributed by atoms with E-state index < -0.39 is 26.6 Å². The molecule has 32 heavy (non-hydrogen) atoms. The van der Waals surface area contributed by atoms with E-state index in [0.29, 0.717) is 10.2 Å². The molecular formula is C20H19N3O7S2. The number of hydrogen-bond donors (Lipinski definition) is 0. The maximum atomic E-state index is 12.7. The number of non-ortho nitro benzene ring substituents is 1. The molecule has 0 aliphatic rings. The van der Waals surface area contributed by atoms with Crippen molar-refractivity contribution in [2.75, 3.05) is 12.4 Å². The lowest BCUT2D eigenvalue weighted by molar-refractivity contribution is -0.384. The Balaban J connectivity index is 2.08. The van der Waals surface area contributed by atoms with Crippen molar-refractivity contribution in [3.63, 3.8) is 0 Å². The van der Waals surface area contributed by atoms with Gasteiger partial charge in [0, 0.05) is 17.7 Å². The molecule has 0 spiro atoms. The number of carbonyl (C=O) groups excluding carboxylic acids is 2. The van der Waals surface area contributed by atoms with E-state index in [4.69, 9.17) is 4.74 Å². The van der Waals surface area contributed by atoms with E-state index in [-0.39, 0.29) is 39.9 Å². The number of aromatic nitrogens is 1. The summed E-state index contributed by atoms with van der Waals surface area (Å²) in [6.07, 6.45) is 0. The Kier molecular flexibility index (Phi) is 6.84. The lowest BCUT2D eigenvalue weighted by atomic mass is 10.2. The topological polar surface area (TPSA) is 138 Å². The van der Waals surface area contributed by atoms with Gasteiger partial charge in [0.25, 0.3) is 11.6 Å². The molecule has 0 bridgehead atoms. The van der Waals surface area contributed by atoms with Crippen molar-refractivity contribution in [3.05, 3.63) is 62.9 Å². The Hall–Kier alpha value is -3.38. The summed E-state index contributed by atoms with van der Waals surface area (Å²) in [6.45, 7) is 3.04. The van der Waals surface area contributed by atoms with Crippen LogP contribution >= 0.6 is 11.3 Å². The van der Waals surface area contributed by atoms with Crippen LogP contribution in [0.3, 0.4) is 0 Å². The van der Waals surface area contributed by atoms with Gasteiger partial charge in [-0.2, -0.15) is 4.99 Å². The van der Waals surface area contributed by atoms with Gasteiger partial charge >= 0.3 is 5.97 Å². The summed E-state index contributed by atoms with van der Waals surface area (Å²) in [7, 11) is -3.40. The largest absolute Gasteiger partial charge is 0.465 e. The quantitative estimate of drug-likeness (QED) is 0.290. The van der Waals surface area contributed by atoms with Gasteiger partial charge in [0.1, 0.15) is 6.54 Å². The number of hydrogen-bond acceptors (Lipinski definition) is 8. The summed E-state index contributed by atoms with van der Waals surface area (Å²) in [6, 6.07) is 9.55. The lowest BCUT2D eigenvalue weighted by Crippen LogP contribution is -2.23. The highest BCUT2D eigenvalue weighted by Crippen LogP contribution is 2.23. The first kappa shape index (κ1) is 23.3. The summed E-state index contributed by atoms with van der Waals surface area (Å²) in [5.74, 6) is -1.29. The SMILES string of the molecule is CCOC(=O)Cn1c(=NC(=O)c2ccc(S(=O)(=O)CC)cc2)sc2ccc([N+](=O)[O-])cc21. The Morgan fingerprint density at radius 3 is 2.44 bits per heavy atom. The standard InChI is InChI=1S/C20H19N3O7S2/c1-3-30-18(24)12-22-16-11-14(23(26)27)7-10-17(16)31-20(22)21-19(25)13-5-8-15(9-6-13)32(28,29)4-2/h5-11H,3-4,12H2,1-2H3. The number of esters is 1. The number of sulfone groups is 1. The number of benzene rings is 2. The van der Waals surface area contributed by atoms with Gasteiger partial charge in [-0.1, -0.05) is 18.3 Å². The molecule has 0 unspecified atom stereocenters. The molecule has 0 radical (unpaired) electrons. The minimum atomic E-state index is -3.40. The zero-order valence-electron chi connectivity index (χ0n) is 17.2. The molecule has 12 heteroatoms. The summed E-state index contributed by atoms with van der Waals surface area (Å²) >= 11 is 1.09. The molecule has 0 aliphatic heterocycles. The second kappa shape index (κ2) is 9.40. The molecule has 2 aromatic carbocycles. The van der Waals surface area contributed by atoms with Crippen molar-refractivity contribution in [2.45, 2.75) is 25.3 Å². The molecule has 1 heterocycles. The predicted molar refractivity (Wildman–Crippen MR) is 117 cm³/mol. The third kappa shape index (κ3) is 4.92. The Bertz CT molecular complexity index is 1370. The highest BCUT2D eigenvalue weighted by Gasteiger charge is 2.17. The van der Waals surface area contributed by atoms with Crippen molar-refractivity contribution >= 4 is 49.0 Å². The number of rotatable bonds is 7. The summed E-state index contributed by atoms with van der Waals surface area (Å²) < 4.78 is 30.8. The number of nitro groups is 1. The number of nitro benzene ring substituents is 1. The first-order chi connectivity index (χ1) is 15.2. The van der Waals surface area contributed by atoms with Crippen LogP contribution in [-0.4, -0.2) is 42.1 Å². The predicted octanol–water partition coefficient (Wildman–Crippen LogP) is 2.71. The number of thiazole rings is 1. The molecule has 0 atom stereocenters. The normalized spacial score (nSPS) is 12.1. The molecule has 0 aliphatic carbocycles. The Morgan fingerprint density at radius 1 is 1.16 bits per heavy atom. The van der Waals surface area contributed by atoms with Gasteiger partial charge < -0.3 is 9.30 Å². The molecule has 1 aromatic heterocycles. The first-order valence-electron chi connectivity index (χ1n) is 9.51. The molecule has 0 saturated heterocycles. The second-order valence-corrected chi connectivity index (χ2v) is 9.82. The van der Waals surface area contributed by atoms with Crippen molar-refractivity contribution < 1.29 is 27.7 Å². The van der Waals surface area contributed by atoms with Crippen LogP contribution in [-0.2, 0) is 25.9 Å². The van der Waals surface area contributed by atoms with Crippen LogP contribution in [0.4, 0.5) is 5.69 Å². The number of fused-ring (bicyclic) bond motifs is 1. The average Bonchev–Trinajstić information content (AvgIpc) is 3.10. The van der Waals surface area contributed by atoms with Gasteiger partial charge in [0.05, 0.1) is 32.4 Å². The summed E-state index contributed by atoms with van der Waals surface area (Å²) in [5, 5.41) is 11.2. The number of nitrogens with zero attached hydrogens (tertiary/aromatic N) is 3. The van der Waals surface area contributed by atoms with Crippen LogP contribution in [0.25, 0.3) is 10.2 Å². The van der Waals surface area contributed by atoms with Crippen LogP contribution in [0.5, 0.6) is 0 Å². The highest BCUT2D eigenvalue weighted by atomic mass is 32.2. The van der Waals surface area contributed by atoms with Gasteiger partial charge in [-0.3, -0.25) is 19.7 Å². The van der Waals surface area contributed by atoms with Crippen LogP contribution in [0.2, 0.25) is 0 Å². The molecule has 3 rings (SSSR count). The minimum absolute atomic E-state index is 0.0630. The first-order valence-corrected chi connectivity index (χ1v) is 12.0. The third-order valence-corrected chi connectivity index (χ3v) is 7.32. The maximum Gasteiger partial charge on any atom is 0.326 e. The average molecular weight is 478 g/mol. The zero-order chi connectivity index (χ0) is 23.5. The molecule has 0 N–H and O–H groups in total. The van der Waals surface area contributed by atoms with Gasteiger partial charge in [-0.25, -0.2) is 8.42 Å². The molecule has 10 nitrogen and oxygen atoms in total. The van der Waals surface area contributed by atoms with Gasteiger partial charge in [-0.15, -0.1) is 0 Å². The van der Waals surface area contributed by atoms with E-state index in [1.165, 1.54) is 54.0 Å². The highest BCUT2D eigenvalue weighted by molar-refractivity contribution is 7.91. The molecule has 0 fully saturated rings. The van der Waals surface area contributed by atoms with Crippen molar-refractivity contribution in [3.8, 4) is 0 Å². The van der Waals surface area contributed by atoms with E-state index in [1.54, 1.807) is 6.92 Å². The Morgan fingerprint density at radius 2 is 1.84 bits per heavy atom. The minimum Gasteiger partial charge on any atom is -0.465 e. The fourth-order valence-corrected chi connectivity index (χ4v) is 4.76. The van der Waals surface area contributed by atoms with Crippen LogP contribution in [0.15, 0.2) is 52.4 Å². The lowest BCUT2D eigenvalue weighted by Gasteiger charge is -2.05. The van der Waals surface area contributed by atoms with Gasteiger partial charge in [0.15, 0.2) is 14.6 Å². The summed E-state index contributed by atoms with van der Waals surface area (Å²) in [4.78, 5) is 39.7. The number of amides is 1. The fraction of sp³-hybridized carbons (Fsp3) is 0.250. The molecule has 3 aromatic rings. The van der Waals surface area contributed by atoms with Crippen LogP contribution in [0.1, 0.15) is 24.2 Å². The molecule has 1 amide bonds. The molecule has 0 saturated carbocycles. The van der Waals surface area contributed by atoms with E-state index in [1.807, 2.05) is 0 Å². The second-order valence-electron chi connectivity index (χ2n) is 6.53. The van der Waals surface area contributed by atoms with Crippen molar-refractivity contribution in [2.24, 2.45) is 4.99 Å². The van der Waals surface area contributed by atoms with E-state index >= 15 is 0 Å². The smallest absolute Gasteiger partial charge is 0.326 e. The van der Waals surface area contributed by atoms with Crippen LogP contribution in [0, 0.1) is 10.1 Å². The van der Waals surface area contributed by atoms with Gasteiger partial charge in [0.2, 0.25) is 0 Å². The monoisotopic (exact) mass is 477 g/mol. The molecule has 168 valence electrons. The van der Waals surface area contributed by atoms with Crippen LogP contribution < -0.4 is 4.80 Å². The Labute approximate surface area is 186 Å². The maximum absolute atomic E-state index is 12.7. The number of ether oxygens (including phenoxy) is 1. The number of carbonyl (C=O) groups is 2. The van der Waals surface area contributed by atoms with Crippen molar-refractivity contribution in [1.29, 1.82) is 0 Å². The molecular weight excluding hydrogens is 458 g/mol.